The first-order valence-corrected chi connectivity index (χ1v) is 9.55. The highest BCUT2D eigenvalue weighted by Gasteiger charge is 2.30. The molecule has 0 aliphatic heterocycles. The number of hydrogen-bond acceptors (Lipinski definition) is 3. The summed E-state index contributed by atoms with van der Waals surface area (Å²) in [5.74, 6) is -0.920. The summed E-state index contributed by atoms with van der Waals surface area (Å²) in [7, 11) is 0. The van der Waals surface area contributed by atoms with Crippen LogP contribution in [0, 0.1) is 6.92 Å². The summed E-state index contributed by atoms with van der Waals surface area (Å²) in [6.07, 6.45) is -4.13. The number of benzene rings is 3. The maximum atomic E-state index is 13.1. The van der Waals surface area contributed by atoms with Crippen molar-refractivity contribution in [2.24, 2.45) is 0 Å². The van der Waals surface area contributed by atoms with Gasteiger partial charge >= 0.3 is 12.1 Å². The largest absolute Gasteiger partial charge is 0.507 e. The predicted octanol–water partition coefficient (Wildman–Crippen LogP) is 6.09. The van der Waals surface area contributed by atoms with Gasteiger partial charge in [-0.1, -0.05) is 29.8 Å². The molecule has 3 aromatic carbocycles. The van der Waals surface area contributed by atoms with E-state index in [2.05, 4.69) is 0 Å². The van der Waals surface area contributed by atoms with Gasteiger partial charge < -0.3 is 14.9 Å². The van der Waals surface area contributed by atoms with Gasteiger partial charge in [-0.2, -0.15) is 13.2 Å². The number of rotatable bonds is 6. The van der Waals surface area contributed by atoms with Gasteiger partial charge in [0.15, 0.2) is 6.61 Å². The number of phenolic OH excluding ortho intramolecular Hbond substituents is 1. The van der Waals surface area contributed by atoms with Crippen LogP contribution in [0.2, 0.25) is 5.02 Å². The van der Waals surface area contributed by atoms with E-state index in [-0.39, 0.29) is 16.9 Å². The topological polar surface area (TPSA) is 66.8 Å². The number of carboxylic acid groups (broad SMARTS) is 1. The van der Waals surface area contributed by atoms with Crippen molar-refractivity contribution >= 4 is 17.6 Å². The predicted molar refractivity (Wildman–Crippen MR) is 111 cm³/mol. The third-order valence-electron chi connectivity index (χ3n) is 4.70. The zero-order valence-electron chi connectivity index (χ0n) is 16.3. The molecule has 0 bridgehead atoms. The Morgan fingerprint density at radius 1 is 1.10 bits per heavy atom. The van der Waals surface area contributed by atoms with Gasteiger partial charge in [0.05, 0.1) is 5.56 Å². The Balaban J connectivity index is 1.92. The normalized spacial score (nSPS) is 11.4. The first-order chi connectivity index (χ1) is 14.5. The lowest BCUT2D eigenvalue weighted by Gasteiger charge is -2.14. The third-order valence-corrected chi connectivity index (χ3v) is 5.03. The number of hydrogen-bond donors (Lipinski definition) is 2. The van der Waals surface area contributed by atoms with Crippen LogP contribution in [0.4, 0.5) is 13.2 Å². The zero-order valence-corrected chi connectivity index (χ0v) is 17.1. The highest BCUT2D eigenvalue weighted by Crippen LogP contribution is 2.36. The fraction of sp³-hybridized carbons (Fsp3) is 0.174. The summed E-state index contributed by atoms with van der Waals surface area (Å²) in [5.41, 5.74) is 1.97. The minimum absolute atomic E-state index is 0.136. The van der Waals surface area contributed by atoms with Crippen molar-refractivity contribution in [3.63, 3.8) is 0 Å². The molecular weight excluding hydrogens is 433 g/mol. The number of aryl methyl sites for hydroxylation is 1. The maximum Gasteiger partial charge on any atom is 0.416 e. The van der Waals surface area contributed by atoms with E-state index in [1.807, 2.05) is 0 Å². The SMILES string of the molecule is Cc1cc(OCC(=O)O)cc(Cl)c1Cc1ccc(O)c(-c2cccc(C(F)(F)F)c2)c1. The van der Waals surface area contributed by atoms with Crippen molar-refractivity contribution in [1.29, 1.82) is 0 Å². The quantitative estimate of drug-likeness (QED) is 0.476. The Morgan fingerprint density at radius 2 is 1.84 bits per heavy atom. The number of aliphatic carboxylic acids is 1. The number of carboxylic acids is 1. The number of carbonyl (C=O) groups is 1. The number of ether oxygens (including phenoxy) is 1. The molecule has 0 heterocycles. The number of halogens is 4. The molecule has 0 aliphatic rings. The first kappa shape index (κ1) is 22.5. The minimum Gasteiger partial charge on any atom is -0.507 e. The van der Waals surface area contributed by atoms with Crippen LogP contribution in [-0.4, -0.2) is 22.8 Å². The van der Waals surface area contributed by atoms with Crippen molar-refractivity contribution in [3.8, 4) is 22.6 Å². The van der Waals surface area contributed by atoms with Crippen LogP contribution in [0.5, 0.6) is 11.5 Å². The van der Waals surface area contributed by atoms with Crippen molar-refractivity contribution in [1.82, 2.24) is 0 Å². The second kappa shape index (κ2) is 8.89. The number of aromatic hydroxyl groups is 1. The molecule has 0 saturated carbocycles. The molecule has 0 spiro atoms. The van der Waals surface area contributed by atoms with E-state index in [4.69, 9.17) is 21.4 Å². The fourth-order valence-electron chi connectivity index (χ4n) is 3.19. The smallest absolute Gasteiger partial charge is 0.416 e. The second-order valence-corrected chi connectivity index (χ2v) is 7.40. The lowest BCUT2D eigenvalue weighted by molar-refractivity contribution is -0.139. The van der Waals surface area contributed by atoms with Crippen LogP contribution in [0.15, 0.2) is 54.6 Å². The van der Waals surface area contributed by atoms with Gasteiger partial charge in [0.2, 0.25) is 0 Å². The highest BCUT2D eigenvalue weighted by atomic mass is 35.5. The maximum absolute atomic E-state index is 13.1. The van der Waals surface area contributed by atoms with E-state index in [0.29, 0.717) is 17.2 Å². The molecule has 0 fully saturated rings. The van der Waals surface area contributed by atoms with Crippen LogP contribution in [0.1, 0.15) is 22.3 Å². The van der Waals surface area contributed by atoms with Gasteiger partial charge in [-0.25, -0.2) is 4.79 Å². The molecule has 0 aliphatic carbocycles. The van der Waals surface area contributed by atoms with E-state index in [9.17, 15) is 23.1 Å². The third kappa shape index (κ3) is 5.49. The molecule has 0 radical (unpaired) electrons. The molecule has 0 amide bonds. The summed E-state index contributed by atoms with van der Waals surface area (Å²) in [6.45, 7) is 1.30. The molecule has 0 saturated heterocycles. The molecule has 0 unspecified atom stereocenters. The highest BCUT2D eigenvalue weighted by molar-refractivity contribution is 6.31. The zero-order chi connectivity index (χ0) is 22.8. The summed E-state index contributed by atoms with van der Waals surface area (Å²) in [4.78, 5) is 10.7. The van der Waals surface area contributed by atoms with Crippen LogP contribution in [0.25, 0.3) is 11.1 Å². The van der Waals surface area contributed by atoms with Gasteiger partial charge in [0.25, 0.3) is 0 Å². The molecule has 3 rings (SSSR count). The Morgan fingerprint density at radius 3 is 2.48 bits per heavy atom. The van der Waals surface area contributed by atoms with E-state index >= 15 is 0 Å². The molecule has 2 N–H and O–H groups in total. The lowest BCUT2D eigenvalue weighted by Crippen LogP contribution is -2.09. The Labute approximate surface area is 181 Å². The van der Waals surface area contributed by atoms with E-state index in [1.54, 1.807) is 25.1 Å². The minimum atomic E-state index is -4.49. The van der Waals surface area contributed by atoms with Crippen molar-refractivity contribution in [2.45, 2.75) is 19.5 Å². The first-order valence-electron chi connectivity index (χ1n) is 9.17. The van der Waals surface area contributed by atoms with Crippen molar-refractivity contribution < 1.29 is 32.9 Å². The Kier molecular flexibility index (Phi) is 6.45. The summed E-state index contributed by atoms with van der Waals surface area (Å²) >= 11 is 6.36. The monoisotopic (exact) mass is 450 g/mol. The molecular formula is C23H18ClF3O4. The fourth-order valence-corrected chi connectivity index (χ4v) is 3.51. The van der Waals surface area contributed by atoms with Gasteiger partial charge in [0.1, 0.15) is 11.5 Å². The van der Waals surface area contributed by atoms with E-state index in [0.717, 1.165) is 28.8 Å². The molecule has 0 aromatic heterocycles. The van der Waals surface area contributed by atoms with Crippen LogP contribution < -0.4 is 4.74 Å². The summed E-state index contributed by atoms with van der Waals surface area (Å²) < 4.78 is 44.3. The standard InChI is InChI=1S/C23H18ClF3O4/c1-13-7-17(31-12-22(29)30)11-20(24)18(13)8-14-5-6-21(28)19(9-14)15-3-2-4-16(10-15)23(25,26)27/h2-7,9-11,28H,8,12H2,1H3,(H,29,30). The molecule has 8 heteroatoms. The van der Waals surface area contributed by atoms with Gasteiger partial charge in [-0.05, 0) is 72.0 Å². The molecule has 31 heavy (non-hydrogen) atoms. The van der Waals surface area contributed by atoms with E-state index < -0.39 is 24.3 Å². The van der Waals surface area contributed by atoms with Crippen molar-refractivity contribution in [2.75, 3.05) is 6.61 Å². The van der Waals surface area contributed by atoms with Gasteiger partial charge in [-0.3, -0.25) is 0 Å². The van der Waals surface area contributed by atoms with Crippen molar-refractivity contribution in [3.05, 3.63) is 81.9 Å². The second-order valence-electron chi connectivity index (χ2n) is 6.99. The van der Waals surface area contributed by atoms with Crippen LogP contribution in [-0.2, 0) is 17.4 Å². The summed E-state index contributed by atoms with van der Waals surface area (Å²) in [6, 6.07) is 12.7. The molecule has 162 valence electrons. The molecule has 4 nitrogen and oxygen atoms in total. The van der Waals surface area contributed by atoms with E-state index in [1.165, 1.54) is 24.3 Å². The average Bonchev–Trinajstić information content (AvgIpc) is 2.69. The van der Waals surface area contributed by atoms with Gasteiger partial charge in [0, 0.05) is 10.6 Å². The summed E-state index contributed by atoms with van der Waals surface area (Å²) in [5, 5.41) is 19.3. The average molecular weight is 451 g/mol. The number of phenols is 1. The molecule has 3 aromatic rings. The van der Waals surface area contributed by atoms with Gasteiger partial charge in [-0.15, -0.1) is 0 Å². The van der Waals surface area contributed by atoms with Crippen LogP contribution in [0.3, 0.4) is 0 Å². The Bertz CT molecular complexity index is 1100. The molecule has 0 atom stereocenters. The Hall–Kier alpha value is -3.19. The van der Waals surface area contributed by atoms with Crippen LogP contribution >= 0.6 is 11.6 Å². The lowest BCUT2D eigenvalue weighted by atomic mass is 9.95. The number of alkyl halides is 3.